The van der Waals surface area contributed by atoms with Crippen molar-refractivity contribution in [2.75, 3.05) is 6.54 Å². The molecule has 1 unspecified atom stereocenters. The van der Waals surface area contributed by atoms with Gasteiger partial charge in [0.05, 0.1) is 5.25 Å². The van der Waals surface area contributed by atoms with Crippen molar-refractivity contribution in [2.24, 2.45) is 5.73 Å². The summed E-state index contributed by atoms with van der Waals surface area (Å²) >= 11 is 1.29. The summed E-state index contributed by atoms with van der Waals surface area (Å²) in [6.45, 7) is 8.05. The van der Waals surface area contributed by atoms with E-state index in [1.165, 1.54) is 11.8 Å². The van der Waals surface area contributed by atoms with Crippen molar-refractivity contribution >= 4 is 23.6 Å². The second-order valence-corrected chi connectivity index (χ2v) is 7.17. The Morgan fingerprint density at radius 1 is 1.37 bits per heavy atom. The molecule has 0 spiro atoms. The van der Waals surface area contributed by atoms with E-state index in [4.69, 9.17) is 10.8 Å². The number of hydrogen-bond acceptors (Lipinski definition) is 4. The highest BCUT2D eigenvalue weighted by Gasteiger charge is 2.35. The lowest BCUT2D eigenvalue weighted by molar-refractivity contribution is -0.139. The number of hydrogen-bond donors (Lipinski definition) is 3. The fourth-order valence-corrected chi connectivity index (χ4v) is 2.96. The minimum absolute atomic E-state index is 0.0632. The third-order valence-electron chi connectivity index (χ3n) is 2.94. The first-order chi connectivity index (χ1) is 8.72. The minimum Gasteiger partial charge on any atom is -0.480 e. The van der Waals surface area contributed by atoms with Gasteiger partial charge >= 0.3 is 5.97 Å². The molecular weight excluding hydrogens is 264 g/mol. The first-order valence-corrected chi connectivity index (χ1v) is 7.54. The lowest BCUT2D eigenvalue weighted by atomic mass is 10.1. The monoisotopic (exact) mass is 290 g/mol. The quantitative estimate of drug-likeness (QED) is 0.561. The Balaban J connectivity index is 4.23. The SMILES string of the molecule is CCCCCNC(=O)C(C)SC(C)(C)[C@@H](N)C(=O)O. The van der Waals surface area contributed by atoms with Gasteiger partial charge in [-0.15, -0.1) is 11.8 Å². The molecule has 6 heteroatoms. The summed E-state index contributed by atoms with van der Waals surface area (Å²) in [5, 5.41) is 11.5. The summed E-state index contributed by atoms with van der Waals surface area (Å²) in [6.07, 6.45) is 3.18. The maximum atomic E-state index is 11.9. The Bertz CT molecular complexity index is 308. The first-order valence-electron chi connectivity index (χ1n) is 6.66. The van der Waals surface area contributed by atoms with Crippen molar-refractivity contribution in [1.82, 2.24) is 5.32 Å². The van der Waals surface area contributed by atoms with Gasteiger partial charge in [0.25, 0.3) is 0 Å². The molecule has 0 aromatic rings. The van der Waals surface area contributed by atoms with Crippen LogP contribution in [0.4, 0.5) is 0 Å². The van der Waals surface area contributed by atoms with Gasteiger partial charge in [0, 0.05) is 11.3 Å². The number of carbonyl (C=O) groups excluding carboxylic acids is 1. The van der Waals surface area contributed by atoms with Crippen LogP contribution < -0.4 is 11.1 Å². The summed E-state index contributed by atoms with van der Waals surface area (Å²) < 4.78 is -0.688. The molecule has 0 saturated heterocycles. The lowest BCUT2D eigenvalue weighted by Crippen LogP contribution is -2.48. The highest BCUT2D eigenvalue weighted by atomic mass is 32.2. The maximum Gasteiger partial charge on any atom is 0.321 e. The van der Waals surface area contributed by atoms with Gasteiger partial charge in [-0.1, -0.05) is 19.8 Å². The smallest absolute Gasteiger partial charge is 0.321 e. The molecular formula is C13H26N2O3S. The average Bonchev–Trinajstić information content (AvgIpc) is 2.32. The second kappa shape index (κ2) is 8.43. The molecule has 0 aliphatic rings. The van der Waals surface area contributed by atoms with Crippen LogP contribution in [0.15, 0.2) is 0 Å². The van der Waals surface area contributed by atoms with Gasteiger partial charge in [0.1, 0.15) is 6.04 Å². The summed E-state index contributed by atoms with van der Waals surface area (Å²) in [5.74, 6) is -1.11. The highest BCUT2D eigenvalue weighted by molar-refractivity contribution is 8.02. The van der Waals surface area contributed by atoms with Crippen LogP contribution in [-0.4, -0.2) is 39.6 Å². The topological polar surface area (TPSA) is 92.4 Å². The molecule has 0 aromatic heterocycles. The van der Waals surface area contributed by atoms with Crippen LogP contribution in [-0.2, 0) is 9.59 Å². The molecule has 0 fully saturated rings. The highest BCUT2D eigenvalue weighted by Crippen LogP contribution is 2.31. The Morgan fingerprint density at radius 2 is 1.95 bits per heavy atom. The summed E-state index contributed by atoms with van der Waals surface area (Å²) in [5.41, 5.74) is 5.63. The predicted octanol–water partition coefficient (Wildman–Crippen LogP) is 1.60. The Hall–Kier alpha value is -0.750. The van der Waals surface area contributed by atoms with Crippen molar-refractivity contribution in [3.63, 3.8) is 0 Å². The molecule has 0 heterocycles. The molecule has 0 saturated carbocycles. The number of rotatable bonds is 9. The van der Waals surface area contributed by atoms with E-state index < -0.39 is 16.8 Å². The number of thioether (sulfide) groups is 1. The van der Waals surface area contributed by atoms with Gasteiger partial charge in [0.2, 0.25) is 5.91 Å². The minimum atomic E-state index is -1.05. The van der Waals surface area contributed by atoms with Gasteiger partial charge in [-0.25, -0.2) is 0 Å². The zero-order valence-electron chi connectivity index (χ0n) is 12.2. The van der Waals surface area contributed by atoms with E-state index >= 15 is 0 Å². The standard InChI is InChI=1S/C13H26N2O3S/c1-5-6-7-8-15-11(16)9(2)19-13(3,4)10(14)12(17)18/h9-10H,5-8,14H2,1-4H3,(H,15,16)(H,17,18)/t9?,10-/m0/s1. The lowest BCUT2D eigenvalue weighted by Gasteiger charge is -2.30. The van der Waals surface area contributed by atoms with Gasteiger partial charge in [-0.2, -0.15) is 0 Å². The van der Waals surface area contributed by atoms with E-state index in [-0.39, 0.29) is 11.2 Å². The average molecular weight is 290 g/mol. The number of carboxylic acids is 1. The van der Waals surface area contributed by atoms with Crippen LogP contribution in [0.5, 0.6) is 0 Å². The molecule has 0 aliphatic heterocycles. The van der Waals surface area contributed by atoms with Crippen molar-refractivity contribution in [3.8, 4) is 0 Å². The van der Waals surface area contributed by atoms with Crippen molar-refractivity contribution < 1.29 is 14.7 Å². The molecule has 19 heavy (non-hydrogen) atoms. The van der Waals surface area contributed by atoms with Crippen molar-refractivity contribution in [3.05, 3.63) is 0 Å². The predicted molar refractivity (Wildman–Crippen MR) is 79.3 cm³/mol. The number of aliphatic carboxylic acids is 1. The third kappa shape index (κ3) is 6.82. The molecule has 1 amide bonds. The van der Waals surface area contributed by atoms with E-state index in [0.29, 0.717) is 6.54 Å². The Kier molecular flexibility index (Phi) is 8.09. The summed E-state index contributed by atoms with van der Waals surface area (Å²) in [7, 11) is 0. The zero-order valence-corrected chi connectivity index (χ0v) is 13.0. The van der Waals surface area contributed by atoms with Crippen LogP contribution in [0, 0.1) is 0 Å². The molecule has 0 aromatic carbocycles. The Morgan fingerprint density at radius 3 is 2.42 bits per heavy atom. The fraction of sp³-hybridized carbons (Fsp3) is 0.846. The molecule has 0 radical (unpaired) electrons. The number of amides is 1. The number of nitrogens with one attached hydrogen (secondary N) is 1. The molecule has 0 rings (SSSR count). The van der Waals surface area contributed by atoms with Crippen LogP contribution in [0.25, 0.3) is 0 Å². The number of unbranched alkanes of at least 4 members (excludes halogenated alkanes) is 2. The summed E-state index contributed by atoms with van der Waals surface area (Å²) in [6, 6.07) is -0.993. The van der Waals surface area contributed by atoms with Crippen LogP contribution in [0.3, 0.4) is 0 Å². The molecule has 4 N–H and O–H groups in total. The fourth-order valence-electron chi connectivity index (χ4n) is 1.61. The van der Waals surface area contributed by atoms with Crippen LogP contribution >= 0.6 is 11.8 Å². The number of carbonyl (C=O) groups is 2. The normalized spacial score (nSPS) is 14.8. The number of carboxylic acid groups (broad SMARTS) is 1. The van der Waals surface area contributed by atoms with Crippen molar-refractivity contribution in [2.45, 2.75) is 63.0 Å². The largest absolute Gasteiger partial charge is 0.480 e. The summed E-state index contributed by atoms with van der Waals surface area (Å²) in [4.78, 5) is 22.8. The molecule has 0 bridgehead atoms. The van der Waals surface area contributed by atoms with Gasteiger partial charge in [-0.3, -0.25) is 9.59 Å². The van der Waals surface area contributed by atoms with Crippen LogP contribution in [0.2, 0.25) is 0 Å². The molecule has 5 nitrogen and oxygen atoms in total. The van der Waals surface area contributed by atoms with E-state index in [1.807, 2.05) is 0 Å². The van der Waals surface area contributed by atoms with E-state index in [9.17, 15) is 9.59 Å². The molecule has 2 atom stereocenters. The van der Waals surface area contributed by atoms with Gasteiger partial charge < -0.3 is 16.2 Å². The van der Waals surface area contributed by atoms with E-state index in [1.54, 1.807) is 20.8 Å². The number of nitrogens with two attached hydrogens (primary N) is 1. The second-order valence-electron chi connectivity index (χ2n) is 5.18. The van der Waals surface area contributed by atoms with Gasteiger partial charge in [0.15, 0.2) is 0 Å². The Labute approximate surface area is 119 Å². The maximum absolute atomic E-state index is 11.9. The third-order valence-corrected chi connectivity index (χ3v) is 4.37. The van der Waals surface area contributed by atoms with E-state index in [2.05, 4.69) is 12.2 Å². The molecule has 0 aliphatic carbocycles. The van der Waals surface area contributed by atoms with E-state index in [0.717, 1.165) is 19.3 Å². The van der Waals surface area contributed by atoms with Crippen LogP contribution in [0.1, 0.15) is 47.0 Å². The van der Waals surface area contributed by atoms with Gasteiger partial charge in [-0.05, 0) is 27.2 Å². The first kappa shape index (κ1) is 18.2. The molecule has 112 valence electrons. The zero-order chi connectivity index (χ0) is 15.1. The van der Waals surface area contributed by atoms with Crippen molar-refractivity contribution in [1.29, 1.82) is 0 Å².